The molecule has 0 spiro atoms. The van der Waals surface area contributed by atoms with E-state index in [0.29, 0.717) is 11.5 Å². The minimum atomic E-state index is -4.75. The van der Waals surface area contributed by atoms with Gasteiger partial charge in [-0.3, -0.25) is 4.79 Å². The van der Waals surface area contributed by atoms with E-state index in [1.165, 1.54) is 0 Å². The van der Waals surface area contributed by atoms with Crippen LogP contribution >= 0.6 is 0 Å². The standard InChI is InChI=1S/C15H18BF3N4O/c1-4-20-14(24)12-13(15(17,18)19)22-23(21-12)11-7-5-10(6-8-11)16-9(2)3/h5-9,16H,4H2,1-3H3,(H,20,24). The van der Waals surface area contributed by atoms with Gasteiger partial charge >= 0.3 is 6.18 Å². The number of amides is 1. The molecule has 0 aliphatic heterocycles. The molecular formula is C15H18BF3N4O. The van der Waals surface area contributed by atoms with Gasteiger partial charge in [-0.25, -0.2) is 0 Å². The van der Waals surface area contributed by atoms with Crippen LogP contribution in [0.3, 0.4) is 0 Å². The van der Waals surface area contributed by atoms with Crippen molar-refractivity contribution in [2.24, 2.45) is 0 Å². The molecule has 1 heterocycles. The Hall–Kier alpha value is -2.32. The van der Waals surface area contributed by atoms with E-state index in [-0.39, 0.29) is 6.54 Å². The van der Waals surface area contributed by atoms with Crippen LogP contribution in [0.4, 0.5) is 13.2 Å². The molecule has 5 nitrogen and oxygen atoms in total. The number of carbonyl (C=O) groups excluding carboxylic acids is 1. The molecule has 0 unspecified atom stereocenters. The molecule has 0 bridgehead atoms. The average Bonchev–Trinajstić information content (AvgIpc) is 2.93. The summed E-state index contributed by atoms with van der Waals surface area (Å²) in [7, 11) is 0.866. The van der Waals surface area contributed by atoms with Gasteiger partial charge < -0.3 is 5.32 Å². The van der Waals surface area contributed by atoms with Crippen molar-refractivity contribution < 1.29 is 18.0 Å². The monoisotopic (exact) mass is 338 g/mol. The third-order valence-corrected chi connectivity index (χ3v) is 3.25. The zero-order chi connectivity index (χ0) is 17.9. The fourth-order valence-electron chi connectivity index (χ4n) is 2.25. The van der Waals surface area contributed by atoms with E-state index in [0.717, 1.165) is 17.5 Å². The second-order valence-corrected chi connectivity index (χ2v) is 5.81. The number of rotatable bonds is 5. The van der Waals surface area contributed by atoms with E-state index < -0.39 is 23.5 Å². The number of aromatic nitrogens is 3. The molecule has 1 aromatic heterocycles. The molecule has 0 radical (unpaired) electrons. The minimum absolute atomic E-state index is 0.201. The topological polar surface area (TPSA) is 59.8 Å². The molecule has 1 aromatic carbocycles. The number of halogens is 3. The zero-order valence-electron chi connectivity index (χ0n) is 13.7. The number of alkyl halides is 3. The Morgan fingerprint density at radius 2 is 1.88 bits per heavy atom. The molecule has 1 amide bonds. The molecule has 0 aliphatic rings. The molecule has 24 heavy (non-hydrogen) atoms. The van der Waals surface area contributed by atoms with Gasteiger partial charge in [0.1, 0.15) is 0 Å². The van der Waals surface area contributed by atoms with Crippen molar-refractivity contribution in [1.82, 2.24) is 20.3 Å². The highest BCUT2D eigenvalue weighted by Crippen LogP contribution is 2.30. The largest absolute Gasteiger partial charge is 0.437 e. The van der Waals surface area contributed by atoms with Gasteiger partial charge in [0, 0.05) is 6.54 Å². The van der Waals surface area contributed by atoms with Crippen LogP contribution in [0.1, 0.15) is 37.0 Å². The Balaban J connectivity index is 2.39. The highest BCUT2D eigenvalue weighted by Gasteiger charge is 2.40. The molecule has 0 saturated heterocycles. The Kier molecular flexibility index (Phi) is 5.31. The van der Waals surface area contributed by atoms with Gasteiger partial charge in [-0.1, -0.05) is 37.3 Å². The molecule has 1 N–H and O–H groups in total. The van der Waals surface area contributed by atoms with Crippen molar-refractivity contribution >= 4 is 18.6 Å². The fourth-order valence-corrected chi connectivity index (χ4v) is 2.25. The Morgan fingerprint density at radius 1 is 1.25 bits per heavy atom. The van der Waals surface area contributed by atoms with Gasteiger partial charge in [0.15, 0.2) is 18.7 Å². The first kappa shape index (κ1) is 18.0. The molecule has 0 atom stereocenters. The zero-order valence-corrected chi connectivity index (χ0v) is 13.7. The van der Waals surface area contributed by atoms with E-state index in [1.807, 2.05) is 12.1 Å². The number of carbonyl (C=O) groups is 1. The molecule has 0 aliphatic carbocycles. The van der Waals surface area contributed by atoms with Crippen molar-refractivity contribution in [3.8, 4) is 5.69 Å². The van der Waals surface area contributed by atoms with Crippen LogP contribution in [0.2, 0.25) is 5.82 Å². The van der Waals surface area contributed by atoms with Gasteiger partial charge in [-0.15, -0.1) is 10.2 Å². The summed E-state index contributed by atoms with van der Waals surface area (Å²) >= 11 is 0. The van der Waals surface area contributed by atoms with Crippen LogP contribution in [0, 0.1) is 0 Å². The SMILES string of the molecule is CCNC(=O)c1nn(-c2ccc(BC(C)C)cc2)nc1C(F)(F)F. The van der Waals surface area contributed by atoms with Crippen molar-refractivity contribution in [2.45, 2.75) is 32.8 Å². The summed E-state index contributed by atoms with van der Waals surface area (Å²) in [5, 5.41) is 9.51. The van der Waals surface area contributed by atoms with Crippen LogP contribution in [-0.2, 0) is 6.18 Å². The van der Waals surface area contributed by atoms with Gasteiger partial charge in [-0.05, 0) is 19.1 Å². The van der Waals surface area contributed by atoms with Gasteiger partial charge in [-0.2, -0.15) is 18.0 Å². The van der Waals surface area contributed by atoms with E-state index in [1.54, 1.807) is 19.1 Å². The second-order valence-electron chi connectivity index (χ2n) is 5.81. The average molecular weight is 338 g/mol. The Bertz CT molecular complexity index is 710. The summed E-state index contributed by atoms with van der Waals surface area (Å²) in [6.45, 7) is 5.98. The smallest absolute Gasteiger partial charge is 0.351 e. The number of benzene rings is 1. The lowest BCUT2D eigenvalue weighted by Crippen LogP contribution is -2.26. The van der Waals surface area contributed by atoms with Crippen LogP contribution < -0.4 is 10.8 Å². The number of nitrogens with one attached hydrogen (secondary N) is 1. The maximum atomic E-state index is 13.1. The predicted molar refractivity (Wildman–Crippen MR) is 86.2 cm³/mol. The summed E-state index contributed by atoms with van der Waals surface area (Å²) in [6, 6.07) is 6.91. The number of hydrogen-bond donors (Lipinski definition) is 1. The van der Waals surface area contributed by atoms with Gasteiger partial charge in [0.25, 0.3) is 5.91 Å². The lowest BCUT2D eigenvalue weighted by atomic mass is 9.61. The van der Waals surface area contributed by atoms with Crippen LogP contribution in [0.15, 0.2) is 24.3 Å². The third kappa shape index (κ3) is 4.15. The molecular weight excluding hydrogens is 320 g/mol. The van der Waals surface area contributed by atoms with Crippen LogP contribution in [-0.4, -0.2) is 34.7 Å². The fraction of sp³-hybridized carbons (Fsp3) is 0.400. The summed E-state index contributed by atoms with van der Waals surface area (Å²) in [4.78, 5) is 12.6. The van der Waals surface area contributed by atoms with Gasteiger partial charge in [0.2, 0.25) is 0 Å². The van der Waals surface area contributed by atoms with Crippen LogP contribution in [0.5, 0.6) is 0 Å². The highest BCUT2D eigenvalue weighted by molar-refractivity contribution is 6.54. The Labute approximate surface area is 138 Å². The van der Waals surface area contributed by atoms with E-state index in [2.05, 4.69) is 29.4 Å². The third-order valence-electron chi connectivity index (χ3n) is 3.25. The first-order chi connectivity index (χ1) is 11.2. The minimum Gasteiger partial charge on any atom is -0.351 e. The van der Waals surface area contributed by atoms with Crippen LogP contribution in [0.25, 0.3) is 5.69 Å². The first-order valence-corrected chi connectivity index (χ1v) is 7.64. The van der Waals surface area contributed by atoms with Crippen molar-refractivity contribution in [2.75, 3.05) is 6.54 Å². The Morgan fingerprint density at radius 3 is 2.38 bits per heavy atom. The van der Waals surface area contributed by atoms with E-state index in [9.17, 15) is 18.0 Å². The van der Waals surface area contributed by atoms with Crippen molar-refractivity contribution in [1.29, 1.82) is 0 Å². The molecule has 0 fully saturated rings. The summed E-state index contributed by atoms with van der Waals surface area (Å²) in [5.41, 5.74) is -0.584. The summed E-state index contributed by atoms with van der Waals surface area (Å²) in [5.74, 6) is -0.424. The predicted octanol–water partition coefficient (Wildman–Crippen LogP) is 1.93. The molecule has 2 aromatic rings. The lowest BCUT2D eigenvalue weighted by Gasteiger charge is -2.04. The van der Waals surface area contributed by atoms with E-state index in [4.69, 9.17) is 0 Å². The molecule has 2 rings (SSSR count). The van der Waals surface area contributed by atoms with E-state index >= 15 is 0 Å². The lowest BCUT2D eigenvalue weighted by molar-refractivity contribution is -0.141. The molecule has 9 heteroatoms. The number of nitrogens with zero attached hydrogens (tertiary/aromatic N) is 3. The van der Waals surface area contributed by atoms with Crippen molar-refractivity contribution in [3.63, 3.8) is 0 Å². The van der Waals surface area contributed by atoms with Crippen molar-refractivity contribution in [3.05, 3.63) is 35.7 Å². The second kappa shape index (κ2) is 7.06. The quantitative estimate of drug-likeness (QED) is 0.848. The summed E-state index contributed by atoms with van der Waals surface area (Å²) < 4.78 is 39.3. The maximum absolute atomic E-state index is 13.1. The normalized spacial score (nSPS) is 11.6. The first-order valence-electron chi connectivity index (χ1n) is 7.64. The maximum Gasteiger partial charge on any atom is 0.437 e. The molecule has 0 saturated carbocycles. The summed E-state index contributed by atoms with van der Waals surface area (Å²) in [6.07, 6.45) is -4.75. The molecule has 128 valence electrons. The highest BCUT2D eigenvalue weighted by atomic mass is 19.4. The van der Waals surface area contributed by atoms with Gasteiger partial charge in [0.05, 0.1) is 5.69 Å². The number of hydrogen-bond acceptors (Lipinski definition) is 3.